The van der Waals surface area contributed by atoms with Crippen LogP contribution >= 0.6 is 0 Å². The van der Waals surface area contributed by atoms with Gasteiger partial charge in [-0.15, -0.1) is 0 Å². The van der Waals surface area contributed by atoms with Gasteiger partial charge in [0.1, 0.15) is 5.82 Å². The molecule has 0 amide bonds. The van der Waals surface area contributed by atoms with Gasteiger partial charge in [0.2, 0.25) is 5.95 Å². The van der Waals surface area contributed by atoms with Crippen LogP contribution in [0.15, 0.2) is 42.6 Å². The van der Waals surface area contributed by atoms with Crippen LogP contribution in [0.4, 0.5) is 17.5 Å². The lowest BCUT2D eigenvalue weighted by Gasteiger charge is -2.36. The van der Waals surface area contributed by atoms with Crippen LogP contribution in [-0.2, 0) is 4.74 Å². The summed E-state index contributed by atoms with van der Waals surface area (Å²) in [5.41, 5.74) is 1.29. The Morgan fingerprint density at radius 3 is 2.54 bits per heavy atom. The van der Waals surface area contributed by atoms with E-state index in [1.165, 1.54) is 5.69 Å². The Morgan fingerprint density at radius 1 is 1.04 bits per heavy atom. The number of hydrogen-bond acceptors (Lipinski definition) is 6. The number of benzene rings is 1. The minimum atomic E-state index is 0.689. The van der Waals surface area contributed by atoms with Crippen LogP contribution in [0.1, 0.15) is 6.42 Å². The molecule has 1 N–H and O–H groups in total. The highest BCUT2D eigenvalue weighted by molar-refractivity contribution is 5.49. The second-order valence-corrected chi connectivity index (χ2v) is 5.82. The third-order valence-electron chi connectivity index (χ3n) is 4.17. The van der Waals surface area contributed by atoms with Crippen LogP contribution in [0.2, 0.25) is 0 Å². The maximum Gasteiger partial charge on any atom is 0.224 e. The maximum absolute atomic E-state index is 5.05. The molecule has 24 heavy (non-hydrogen) atoms. The average Bonchev–Trinajstić information content (AvgIpc) is 2.66. The van der Waals surface area contributed by atoms with E-state index in [1.54, 1.807) is 7.11 Å². The predicted octanol–water partition coefficient (Wildman–Crippen LogP) is 2.25. The van der Waals surface area contributed by atoms with Gasteiger partial charge in [-0.1, -0.05) is 18.2 Å². The Hall–Kier alpha value is -2.34. The van der Waals surface area contributed by atoms with Gasteiger partial charge in [-0.2, -0.15) is 4.98 Å². The summed E-state index contributed by atoms with van der Waals surface area (Å²) in [5.74, 6) is 1.68. The summed E-state index contributed by atoms with van der Waals surface area (Å²) in [6.45, 7) is 5.51. The zero-order chi connectivity index (χ0) is 16.6. The molecule has 128 valence electrons. The number of aromatic nitrogens is 2. The van der Waals surface area contributed by atoms with Crippen molar-refractivity contribution in [2.75, 3.05) is 61.6 Å². The molecule has 1 aliphatic rings. The predicted molar refractivity (Wildman–Crippen MR) is 97.9 cm³/mol. The molecule has 0 atom stereocenters. The number of rotatable bonds is 7. The van der Waals surface area contributed by atoms with Crippen molar-refractivity contribution in [3.05, 3.63) is 42.6 Å². The number of ether oxygens (including phenoxy) is 1. The summed E-state index contributed by atoms with van der Waals surface area (Å²) < 4.78 is 5.05. The molecule has 1 saturated heterocycles. The first kappa shape index (κ1) is 16.5. The fraction of sp³-hybridized carbons (Fsp3) is 0.444. The SMILES string of the molecule is COCCCNc1nccc(N2CCN(c3ccccc3)CC2)n1. The summed E-state index contributed by atoms with van der Waals surface area (Å²) in [4.78, 5) is 13.7. The van der Waals surface area contributed by atoms with Crippen molar-refractivity contribution in [2.24, 2.45) is 0 Å². The van der Waals surface area contributed by atoms with Crippen LogP contribution < -0.4 is 15.1 Å². The molecule has 0 aliphatic carbocycles. The molecule has 3 rings (SSSR count). The van der Waals surface area contributed by atoms with Crippen molar-refractivity contribution in [1.29, 1.82) is 0 Å². The maximum atomic E-state index is 5.05. The van der Waals surface area contributed by atoms with E-state index >= 15 is 0 Å². The van der Waals surface area contributed by atoms with E-state index < -0.39 is 0 Å². The summed E-state index contributed by atoms with van der Waals surface area (Å²) >= 11 is 0. The quantitative estimate of drug-likeness (QED) is 0.787. The number of nitrogens with zero attached hydrogens (tertiary/aromatic N) is 4. The lowest BCUT2D eigenvalue weighted by atomic mass is 10.2. The van der Waals surface area contributed by atoms with Gasteiger partial charge >= 0.3 is 0 Å². The van der Waals surface area contributed by atoms with Crippen molar-refractivity contribution in [1.82, 2.24) is 9.97 Å². The molecule has 0 bridgehead atoms. The molecule has 2 heterocycles. The molecule has 0 spiro atoms. The monoisotopic (exact) mass is 327 g/mol. The molecule has 0 saturated carbocycles. The van der Waals surface area contributed by atoms with Gasteiger partial charge in [0.15, 0.2) is 0 Å². The Bertz CT molecular complexity index is 614. The molecule has 1 fully saturated rings. The lowest BCUT2D eigenvalue weighted by Crippen LogP contribution is -2.46. The van der Waals surface area contributed by atoms with Gasteiger partial charge in [-0.25, -0.2) is 4.98 Å². The highest BCUT2D eigenvalue weighted by Gasteiger charge is 2.18. The van der Waals surface area contributed by atoms with Gasteiger partial charge in [-0.05, 0) is 24.6 Å². The van der Waals surface area contributed by atoms with Gasteiger partial charge in [-0.3, -0.25) is 0 Å². The Labute approximate surface area is 143 Å². The zero-order valence-corrected chi connectivity index (χ0v) is 14.2. The van der Waals surface area contributed by atoms with Crippen LogP contribution in [-0.4, -0.2) is 56.4 Å². The van der Waals surface area contributed by atoms with Crippen LogP contribution in [0, 0.1) is 0 Å². The van der Waals surface area contributed by atoms with E-state index in [-0.39, 0.29) is 0 Å². The topological polar surface area (TPSA) is 53.5 Å². The van der Waals surface area contributed by atoms with E-state index in [2.05, 4.69) is 55.4 Å². The van der Waals surface area contributed by atoms with E-state index in [9.17, 15) is 0 Å². The number of nitrogens with one attached hydrogen (secondary N) is 1. The summed E-state index contributed by atoms with van der Waals surface area (Å²) in [5, 5.41) is 3.25. The first-order chi connectivity index (χ1) is 11.9. The number of methoxy groups -OCH3 is 1. The third kappa shape index (κ3) is 4.35. The molecule has 0 unspecified atom stereocenters. The average molecular weight is 327 g/mol. The number of para-hydroxylation sites is 1. The van der Waals surface area contributed by atoms with Crippen molar-refractivity contribution in [3.8, 4) is 0 Å². The summed E-state index contributed by atoms with van der Waals surface area (Å²) in [6.07, 6.45) is 2.77. The standard InChI is InChI=1S/C18H25N5O/c1-24-15-5-9-19-18-20-10-8-17(21-18)23-13-11-22(12-14-23)16-6-3-2-4-7-16/h2-4,6-8,10H,5,9,11-15H2,1H3,(H,19,20,21). The smallest absolute Gasteiger partial charge is 0.224 e. The lowest BCUT2D eigenvalue weighted by molar-refractivity contribution is 0.197. The molecule has 1 aliphatic heterocycles. The van der Waals surface area contributed by atoms with Gasteiger partial charge in [0, 0.05) is 58.3 Å². The molecule has 6 heteroatoms. The minimum absolute atomic E-state index is 0.689. The largest absolute Gasteiger partial charge is 0.385 e. The zero-order valence-electron chi connectivity index (χ0n) is 14.2. The molecule has 2 aromatic rings. The summed E-state index contributed by atoms with van der Waals surface area (Å²) in [6, 6.07) is 12.6. The normalized spacial score (nSPS) is 14.7. The third-order valence-corrected chi connectivity index (χ3v) is 4.17. The fourth-order valence-corrected chi connectivity index (χ4v) is 2.86. The Morgan fingerprint density at radius 2 is 1.79 bits per heavy atom. The molecule has 1 aromatic carbocycles. The van der Waals surface area contributed by atoms with Crippen molar-refractivity contribution in [2.45, 2.75) is 6.42 Å². The van der Waals surface area contributed by atoms with Gasteiger partial charge in [0.05, 0.1) is 0 Å². The fourth-order valence-electron chi connectivity index (χ4n) is 2.86. The van der Waals surface area contributed by atoms with Crippen LogP contribution in [0.5, 0.6) is 0 Å². The van der Waals surface area contributed by atoms with Crippen molar-refractivity contribution in [3.63, 3.8) is 0 Å². The van der Waals surface area contributed by atoms with Crippen molar-refractivity contribution < 1.29 is 4.74 Å². The number of anilines is 3. The van der Waals surface area contributed by atoms with Crippen LogP contribution in [0.25, 0.3) is 0 Å². The van der Waals surface area contributed by atoms with E-state index in [0.29, 0.717) is 5.95 Å². The first-order valence-corrected chi connectivity index (χ1v) is 8.47. The number of hydrogen-bond donors (Lipinski definition) is 1. The van der Waals surface area contributed by atoms with E-state index in [1.807, 2.05) is 12.3 Å². The Balaban J connectivity index is 1.54. The molecular formula is C18H25N5O. The highest BCUT2D eigenvalue weighted by Crippen LogP contribution is 2.19. The second kappa shape index (κ2) is 8.49. The van der Waals surface area contributed by atoms with E-state index in [4.69, 9.17) is 4.74 Å². The molecule has 6 nitrogen and oxygen atoms in total. The van der Waals surface area contributed by atoms with Gasteiger partial charge < -0.3 is 19.9 Å². The van der Waals surface area contributed by atoms with Crippen molar-refractivity contribution >= 4 is 17.5 Å². The molecule has 1 aromatic heterocycles. The highest BCUT2D eigenvalue weighted by atomic mass is 16.5. The molecule has 0 radical (unpaired) electrons. The Kier molecular flexibility index (Phi) is 5.85. The number of piperazine rings is 1. The van der Waals surface area contributed by atoms with E-state index in [0.717, 1.165) is 51.6 Å². The first-order valence-electron chi connectivity index (χ1n) is 8.47. The van der Waals surface area contributed by atoms with Gasteiger partial charge in [0.25, 0.3) is 0 Å². The second-order valence-electron chi connectivity index (χ2n) is 5.82. The van der Waals surface area contributed by atoms with Crippen LogP contribution in [0.3, 0.4) is 0 Å². The minimum Gasteiger partial charge on any atom is -0.385 e. The summed E-state index contributed by atoms with van der Waals surface area (Å²) in [7, 11) is 1.71. The molecular weight excluding hydrogens is 302 g/mol.